The van der Waals surface area contributed by atoms with Gasteiger partial charge in [-0.05, 0) is 34.9 Å². The van der Waals surface area contributed by atoms with E-state index in [1.165, 1.54) is 5.56 Å². The van der Waals surface area contributed by atoms with Crippen LogP contribution >= 0.6 is 11.6 Å². The second kappa shape index (κ2) is 5.74. The Morgan fingerprint density at radius 1 is 0.944 bits per heavy atom. The van der Waals surface area contributed by atoms with Gasteiger partial charge in [0.1, 0.15) is 0 Å². The molecule has 0 spiro atoms. The first-order valence-electron chi connectivity index (χ1n) is 5.87. The van der Waals surface area contributed by atoms with E-state index in [0.717, 1.165) is 22.4 Å². The van der Waals surface area contributed by atoms with Gasteiger partial charge in [0.25, 0.3) is 0 Å². The molecule has 2 aromatic carbocycles. The number of halogens is 1. The van der Waals surface area contributed by atoms with Crippen molar-refractivity contribution in [3.8, 4) is 11.1 Å². The molecule has 0 aromatic heterocycles. The lowest BCUT2D eigenvalue weighted by molar-refractivity contribution is 0.469. The van der Waals surface area contributed by atoms with Gasteiger partial charge in [0.15, 0.2) is 0 Å². The molecule has 2 aromatic rings. The first-order valence-corrected chi connectivity index (χ1v) is 6.25. The third-order valence-corrected chi connectivity index (χ3v) is 3.24. The molecule has 2 heteroatoms. The molecule has 1 N–H and O–H groups in total. The molecule has 1 nitrogen and oxygen atoms in total. The summed E-state index contributed by atoms with van der Waals surface area (Å²) in [5, 5.41) is 9.51. The van der Waals surface area contributed by atoms with E-state index >= 15 is 0 Å². The lowest BCUT2D eigenvalue weighted by atomic mass is 9.97. The van der Waals surface area contributed by atoms with Crippen molar-refractivity contribution < 1.29 is 5.11 Å². The Morgan fingerprint density at radius 3 is 1.94 bits per heavy atom. The van der Waals surface area contributed by atoms with Crippen LogP contribution in [-0.4, -0.2) is 5.11 Å². The fraction of sp³-hybridized carbons (Fsp3) is 0.125. The molecule has 0 aliphatic carbocycles. The number of hydrogen-bond donors (Lipinski definition) is 1. The van der Waals surface area contributed by atoms with Crippen LogP contribution in [0.4, 0.5) is 0 Å². The van der Waals surface area contributed by atoms with E-state index in [-0.39, 0.29) is 5.92 Å². The SMILES string of the molecule is CC(C=CO)c1ccc(-c2ccc(Cl)cc2)cc1. The van der Waals surface area contributed by atoms with Gasteiger partial charge in [-0.1, -0.05) is 54.9 Å². The van der Waals surface area contributed by atoms with Crippen molar-refractivity contribution in [3.05, 3.63) is 71.5 Å². The van der Waals surface area contributed by atoms with Crippen LogP contribution in [0.5, 0.6) is 0 Å². The highest BCUT2D eigenvalue weighted by Crippen LogP contribution is 2.24. The lowest BCUT2D eigenvalue weighted by Crippen LogP contribution is -1.88. The molecule has 18 heavy (non-hydrogen) atoms. The summed E-state index contributed by atoms with van der Waals surface area (Å²) in [6, 6.07) is 16.1. The summed E-state index contributed by atoms with van der Waals surface area (Å²) in [5.74, 6) is 0.217. The zero-order chi connectivity index (χ0) is 13.0. The number of rotatable bonds is 3. The summed E-state index contributed by atoms with van der Waals surface area (Å²) >= 11 is 5.87. The minimum atomic E-state index is 0.217. The topological polar surface area (TPSA) is 20.2 Å². The van der Waals surface area contributed by atoms with Crippen LogP contribution in [0.2, 0.25) is 5.02 Å². The smallest absolute Gasteiger partial charge is 0.0757 e. The molecular weight excluding hydrogens is 244 g/mol. The van der Waals surface area contributed by atoms with Gasteiger partial charge in [-0.15, -0.1) is 0 Å². The highest BCUT2D eigenvalue weighted by Gasteiger charge is 2.02. The normalized spacial score (nSPS) is 12.8. The Bertz CT molecular complexity index is 526. The zero-order valence-electron chi connectivity index (χ0n) is 10.2. The molecule has 0 saturated heterocycles. The fourth-order valence-corrected chi connectivity index (χ4v) is 1.99. The third kappa shape index (κ3) is 2.93. The van der Waals surface area contributed by atoms with E-state index < -0.39 is 0 Å². The van der Waals surface area contributed by atoms with Crippen molar-refractivity contribution in [2.45, 2.75) is 12.8 Å². The quantitative estimate of drug-likeness (QED) is 0.752. The minimum Gasteiger partial charge on any atom is -0.516 e. The summed E-state index contributed by atoms with van der Waals surface area (Å²) < 4.78 is 0. The Morgan fingerprint density at radius 2 is 1.44 bits per heavy atom. The first-order chi connectivity index (χ1) is 8.70. The summed E-state index contributed by atoms with van der Waals surface area (Å²) in [7, 11) is 0. The van der Waals surface area contributed by atoms with E-state index in [0.29, 0.717) is 0 Å². The molecule has 92 valence electrons. The van der Waals surface area contributed by atoms with Gasteiger partial charge in [-0.25, -0.2) is 0 Å². The number of aliphatic hydroxyl groups excluding tert-OH is 1. The van der Waals surface area contributed by atoms with E-state index in [2.05, 4.69) is 24.3 Å². The monoisotopic (exact) mass is 258 g/mol. The average Bonchev–Trinajstić information content (AvgIpc) is 2.40. The van der Waals surface area contributed by atoms with Crippen LogP contribution < -0.4 is 0 Å². The maximum Gasteiger partial charge on any atom is 0.0757 e. The Hall–Kier alpha value is -1.73. The summed E-state index contributed by atoms with van der Waals surface area (Å²) in [5.41, 5.74) is 3.49. The van der Waals surface area contributed by atoms with Gasteiger partial charge in [0, 0.05) is 10.9 Å². The molecule has 0 heterocycles. The lowest BCUT2D eigenvalue weighted by Gasteiger charge is -2.08. The molecule has 2 rings (SSSR count). The molecule has 1 atom stereocenters. The van der Waals surface area contributed by atoms with Crippen LogP contribution in [0.25, 0.3) is 11.1 Å². The Labute approximate surface area is 112 Å². The van der Waals surface area contributed by atoms with Crippen LogP contribution in [0.15, 0.2) is 60.9 Å². The minimum absolute atomic E-state index is 0.217. The number of allylic oxidation sites excluding steroid dienone is 1. The Balaban J connectivity index is 2.24. The molecule has 0 amide bonds. The van der Waals surface area contributed by atoms with Crippen molar-refractivity contribution in [2.75, 3.05) is 0 Å². The van der Waals surface area contributed by atoms with Crippen molar-refractivity contribution >= 4 is 11.6 Å². The van der Waals surface area contributed by atoms with Gasteiger partial charge in [-0.3, -0.25) is 0 Å². The van der Waals surface area contributed by atoms with Crippen LogP contribution in [0.3, 0.4) is 0 Å². The van der Waals surface area contributed by atoms with Crippen LogP contribution in [0, 0.1) is 0 Å². The van der Waals surface area contributed by atoms with Crippen molar-refractivity contribution in [3.63, 3.8) is 0 Å². The first kappa shape index (κ1) is 12.7. The average molecular weight is 259 g/mol. The molecule has 0 radical (unpaired) electrons. The predicted molar refractivity (Wildman–Crippen MR) is 77.1 cm³/mol. The van der Waals surface area contributed by atoms with Gasteiger partial charge in [0.05, 0.1) is 6.26 Å². The largest absolute Gasteiger partial charge is 0.516 e. The highest BCUT2D eigenvalue weighted by atomic mass is 35.5. The van der Waals surface area contributed by atoms with E-state index in [4.69, 9.17) is 16.7 Å². The summed E-state index contributed by atoms with van der Waals surface area (Å²) in [4.78, 5) is 0. The second-order valence-electron chi connectivity index (χ2n) is 4.26. The zero-order valence-corrected chi connectivity index (χ0v) is 10.9. The standard InChI is InChI=1S/C16H15ClO/c1-12(10-11-18)13-2-4-14(5-3-13)15-6-8-16(17)9-7-15/h2-12,18H,1H3. The van der Waals surface area contributed by atoms with Crippen LogP contribution in [-0.2, 0) is 0 Å². The molecule has 0 saturated carbocycles. The van der Waals surface area contributed by atoms with Crippen molar-refractivity contribution in [1.29, 1.82) is 0 Å². The van der Waals surface area contributed by atoms with Crippen molar-refractivity contribution in [1.82, 2.24) is 0 Å². The van der Waals surface area contributed by atoms with E-state index in [1.54, 1.807) is 6.08 Å². The highest BCUT2D eigenvalue weighted by molar-refractivity contribution is 6.30. The number of aliphatic hydroxyl groups is 1. The number of benzene rings is 2. The van der Waals surface area contributed by atoms with E-state index in [1.807, 2.05) is 31.2 Å². The number of hydrogen-bond acceptors (Lipinski definition) is 1. The van der Waals surface area contributed by atoms with E-state index in [9.17, 15) is 0 Å². The van der Waals surface area contributed by atoms with Gasteiger partial charge in [0.2, 0.25) is 0 Å². The summed E-state index contributed by atoms with van der Waals surface area (Å²) in [6.07, 6.45) is 2.86. The van der Waals surface area contributed by atoms with Gasteiger partial charge in [-0.2, -0.15) is 0 Å². The van der Waals surface area contributed by atoms with Crippen molar-refractivity contribution in [2.24, 2.45) is 0 Å². The van der Waals surface area contributed by atoms with Crippen LogP contribution in [0.1, 0.15) is 18.4 Å². The van der Waals surface area contributed by atoms with Gasteiger partial charge >= 0.3 is 0 Å². The predicted octanol–water partition coefficient (Wildman–Crippen LogP) is 5.18. The summed E-state index contributed by atoms with van der Waals surface area (Å²) in [6.45, 7) is 2.05. The molecule has 0 fully saturated rings. The fourth-order valence-electron chi connectivity index (χ4n) is 1.86. The maximum atomic E-state index is 8.76. The Kier molecular flexibility index (Phi) is 4.06. The molecule has 1 unspecified atom stereocenters. The molecule has 0 bridgehead atoms. The second-order valence-corrected chi connectivity index (χ2v) is 4.70. The third-order valence-electron chi connectivity index (χ3n) is 2.99. The molecular formula is C16H15ClO. The molecule has 0 aliphatic rings. The van der Waals surface area contributed by atoms with Gasteiger partial charge < -0.3 is 5.11 Å². The maximum absolute atomic E-state index is 8.76. The molecule has 0 aliphatic heterocycles.